The zero-order chi connectivity index (χ0) is 27.5. The van der Waals surface area contributed by atoms with Crippen LogP contribution in [-0.4, -0.2) is 112 Å². The number of likely N-dealkylation sites (tertiary alicyclic amines) is 1. The molecule has 0 saturated carbocycles. The van der Waals surface area contributed by atoms with Gasteiger partial charge in [-0.25, -0.2) is 0 Å². The first-order valence-corrected chi connectivity index (χ1v) is 11.2. The topological polar surface area (TPSA) is 119 Å². The first kappa shape index (κ1) is 30.2. The molecule has 1 aliphatic rings. The average Bonchev–Trinajstić information content (AvgIpc) is 3.28. The summed E-state index contributed by atoms with van der Waals surface area (Å²) in [6, 6.07) is -2.55. The first-order valence-electron chi connectivity index (χ1n) is 11.2. The number of amides is 4. The molecule has 200 valence electrons. The SMILES string of the molecule is CC(C)C(C(=O)N(C)[C@@H](CC(=O)O)C(=O)N1CCCC1)N(C)C(=O)C(C)(C)N(C)C(=O)C(F)(F)F. The van der Waals surface area contributed by atoms with Crippen molar-refractivity contribution in [2.24, 2.45) is 5.92 Å². The molecule has 2 atom stereocenters. The molecule has 0 aromatic rings. The Balaban J connectivity index is 3.26. The minimum absolute atomic E-state index is 0.265. The summed E-state index contributed by atoms with van der Waals surface area (Å²) in [4.78, 5) is 66.5. The molecule has 35 heavy (non-hydrogen) atoms. The lowest BCUT2D eigenvalue weighted by Crippen LogP contribution is -2.63. The van der Waals surface area contributed by atoms with Crippen molar-refractivity contribution >= 4 is 29.6 Å². The van der Waals surface area contributed by atoms with Gasteiger partial charge in [-0.05, 0) is 32.6 Å². The van der Waals surface area contributed by atoms with Crippen LogP contribution in [0.1, 0.15) is 47.0 Å². The molecule has 0 spiro atoms. The van der Waals surface area contributed by atoms with E-state index in [1.807, 2.05) is 0 Å². The van der Waals surface area contributed by atoms with Crippen molar-refractivity contribution < 1.29 is 42.3 Å². The average molecular weight is 509 g/mol. The fraction of sp³-hybridized carbons (Fsp3) is 0.773. The van der Waals surface area contributed by atoms with Crippen molar-refractivity contribution in [1.82, 2.24) is 19.6 Å². The van der Waals surface area contributed by atoms with E-state index >= 15 is 0 Å². The van der Waals surface area contributed by atoms with E-state index in [4.69, 9.17) is 0 Å². The molecule has 1 unspecified atom stereocenters. The van der Waals surface area contributed by atoms with E-state index in [1.165, 1.54) is 19.0 Å². The van der Waals surface area contributed by atoms with Crippen LogP contribution in [-0.2, 0) is 24.0 Å². The van der Waals surface area contributed by atoms with Gasteiger partial charge in [-0.15, -0.1) is 0 Å². The maximum Gasteiger partial charge on any atom is 0.471 e. The second kappa shape index (κ2) is 11.3. The third-order valence-corrected chi connectivity index (χ3v) is 6.42. The van der Waals surface area contributed by atoms with Crippen LogP contribution < -0.4 is 0 Å². The van der Waals surface area contributed by atoms with Gasteiger partial charge in [0, 0.05) is 34.2 Å². The Morgan fingerprint density at radius 2 is 1.40 bits per heavy atom. The number of carbonyl (C=O) groups is 5. The van der Waals surface area contributed by atoms with Crippen molar-refractivity contribution in [3.8, 4) is 0 Å². The van der Waals surface area contributed by atoms with Crippen LogP contribution in [0, 0.1) is 5.92 Å². The summed E-state index contributed by atoms with van der Waals surface area (Å²) in [6.07, 6.45) is -4.32. The molecule has 1 heterocycles. The van der Waals surface area contributed by atoms with Gasteiger partial charge in [-0.2, -0.15) is 13.2 Å². The Labute approximate surface area is 203 Å². The van der Waals surface area contributed by atoms with Crippen LogP contribution in [0.5, 0.6) is 0 Å². The molecule has 1 saturated heterocycles. The molecule has 10 nitrogen and oxygen atoms in total. The molecule has 0 aromatic heterocycles. The van der Waals surface area contributed by atoms with E-state index in [2.05, 4.69) is 0 Å². The summed E-state index contributed by atoms with van der Waals surface area (Å²) >= 11 is 0. The predicted molar refractivity (Wildman–Crippen MR) is 119 cm³/mol. The van der Waals surface area contributed by atoms with Crippen LogP contribution in [0.4, 0.5) is 13.2 Å². The Morgan fingerprint density at radius 1 is 0.914 bits per heavy atom. The van der Waals surface area contributed by atoms with E-state index in [9.17, 15) is 42.3 Å². The predicted octanol–water partition coefficient (Wildman–Crippen LogP) is 1.19. The highest BCUT2D eigenvalue weighted by atomic mass is 19.4. The van der Waals surface area contributed by atoms with Gasteiger partial charge >= 0.3 is 18.1 Å². The second-order valence-electron chi connectivity index (χ2n) is 9.62. The van der Waals surface area contributed by atoms with Gasteiger partial charge in [0.15, 0.2) is 0 Å². The highest BCUT2D eigenvalue weighted by Crippen LogP contribution is 2.26. The summed E-state index contributed by atoms with van der Waals surface area (Å²) < 4.78 is 38.9. The third-order valence-electron chi connectivity index (χ3n) is 6.42. The standard InChI is InChI=1S/C22H35F3N4O6/c1-13(2)16(27(6)19(34)21(3,4)28(7)20(35)22(23,24)25)18(33)26(5)14(12-15(30)31)17(32)29-10-8-9-11-29/h13-14,16H,8-12H2,1-7H3,(H,30,31)/t14-,16?/m0/s1. The number of halogens is 3. The number of nitrogens with zero attached hydrogens (tertiary/aromatic N) is 4. The fourth-order valence-electron chi connectivity index (χ4n) is 4.11. The zero-order valence-corrected chi connectivity index (χ0v) is 21.2. The molecule has 1 N–H and O–H groups in total. The van der Waals surface area contributed by atoms with Gasteiger partial charge in [0.05, 0.1) is 6.42 Å². The van der Waals surface area contributed by atoms with Crippen LogP contribution >= 0.6 is 0 Å². The van der Waals surface area contributed by atoms with Gasteiger partial charge in [-0.3, -0.25) is 24.0 Å². The Morgan fingerprint density at radius 3 is 1.80 bits per heavy atom. The number of likely N-dealkylation sites (N-methyl/N-ethyl adjacent to an activating group) is 3. The lowest BCUT2D eigenvalue weighted by molar-refractivity contribution is -0.191. The van der Waals surface area contributed by atoms with Crippen molar-refractivity contribution in [3.05, 3.63) is 0 Å². The maximum absolute atomic E-state index is 13.5. The lowest BCUT2D eigenvalue weighted by atomic mass is 9.95. The van der Waals surface area contributed by atoms with Gasteiger partial charge in [0.25, 0.3) is 0 Å². The Kier molecular flexibility index (Phi) is 9.70. The number of carboxylic acid groups (broad SMARTS) is 1. The van der Waals surface area contributed by atoms with Crippen molar-refractivity contribution in [1.29, 1.82) is 0 Å². The molecule has 1 rings (SSSR count). The Hall–Kier alpha value is -2.86. The number of carboxylic acids is 1. The monoisotopic (exact) mass is 508 g/mol. The number of rotatable bonds is 9. The van der Waals surface area contributed by atoms with Crippen molar-refractivity contribution in [2.45, 2.75) is 70.8 Å². The molecular weight excluding hydrogens is 473 g/mol. The smallest absolute Gasteiger partial charge is 0.471 e. The maximum atomic E-state index is 13.5. The summed E-state index contributed by atoms with van der Waals surface area (Å²) in [6.45, 7) is 6.35. The summed E-state index contributed by atoms with van der Waals surface area (Å²) in [5, 5.41) is 9.33. The molecule has 0 aromatic carbocycles. The van der Waals surface area contributed by atoms with E-state index in [-0.39, 0.29) is 4.90 Å². The highest BCUT2D eigenvalue weighted by molar-refractivity contribution is 5.97. The van der Waals surface area contributed by atoms with E-state index < -0.39 is 65.7 Å². The van der Waals surface area contributed by atoms with E-state index in [1.54, 1.807) is 13.8 Å². The Bertz CT molecular complexity index is 840. The van der Waals surface area contributed by atoms with Gasteiger partial charge in [-0.1, -0.05) is 13.8 Å². The zero-order valence-electron chi connectivity index (χ0n) is 21.2. The number of alkyl halides is 3. The third kappa shape index (κ3) is 6.85. The number of hydrogen-bond donors (Lipinski definition) is 1. The molecule has 0 bridgehead atoms. The highest BCUT2D eigenvalue weighted by Gasteiger charge is 2.50. The summed E-state index contributed by atoms with van der Waals surface area (Å²) in [7, 11) is 3.33. The quantitative estimate of drug-likeness (QED) is 0.500. The fourth-order valence-corrected chi connectivity index (χ4v) is 4.11. The molecular formula is C22H35F3N4O6. The number of aliphatic carboxylic acids is 1. The molecule has 13 heteroatoms. The lowest BCUT2D eigenvalue weighted by Gasteiger charge is -2.42. The van der Waals surface area contributed by atoms with Crippen LogP contribution in [0.3, 0.4) is 0 Å². The molecule has 0 aliphatic carbocycles. The van der Waals surface area contributed by atoms with Gasteiger partial charge in [0.2, 0.25) is 17.7 Å². The molecule has 1 aliphatic heterocycles. The molecule has 4 amide bonds. The number of carbonyl (C=O) groups excluding carboxylic acids is 4. The van der Waals surface area contributed by atoms with E-state index in [0.29, 0.717) is 13.1 Å². The largest absolute Gasteiger partial charge is 0.481 e. The molecule has 0 radical (unpaired) electrons. The van der Waals surface area contributed by atoms with Crippen LogP contribution in [0.25, 0.3) is 0 Å². The minimum Gasteiger partial charge on any atom is -0.481 e. The van der Waals surface area contributed by atoms with Crippen LogP contribution in [0.2, 0.25) is 0 Å². The van der Waals surface area contributed by atoms with Gasteiger partial charge < -0.3 is 24.7 Å². The first-order chi connectivity index (χ1) is 15.8. The van der Waals surface area contributed by atoms with Crippen LogP contribution in [0.15, 0.2) is 0 Å². The minimum atomic E-state index is -5.20. The molecule has 1 fully saturated rings. The van der Waals surface area contributed by atoms with Crippen molar-refractivity contribution in [3.63, 3.8) is 0 Å². The second-order valence-corrected chi connectivity index (χ2v) is 9.62. The summed E-state index contributed by atoms with van der Waals surface area (Å²) in [5.74, 6) is -6.25. The number of hydrogen-bond acceptors (Lipinski definition) is 5. The van der Waals surface area contributed by atoms with E-state index in [0.717, 1.165) is 43.5 Å². The van der Waals surface area contributed by atoms with Crippen molar-refractivity contribution in [2.75, 3.05) is 34.2 Å². The normalized spacial score (nSPS) is 16.0. The van der Waals surface area contributed by atoms with Gasteiger partial charge in [0.1, 0.15) is 17.6 Å². The summed E-state index contributed by atoms with van der Waals surface area (Å²) in [5.41, 5.74) is -1.96.